The van der Waals surface area contributed by atoms with E-state index in [2.05, 4.69) is 5.32 Å². The SMILES string of the molecule is Cc1ccc(S(=O)c2cccc(NC(=O)CN)c2)cc1. The van der Waals surface area contributed by atoms with Gasteiger partial charge in [-0.3, -0.25) is 4.79 Å². The van der Waals surface area contributed by atoms with E-state index in [0.29, 0.717) is 10.6 Å². The minimum absolute atomic E-state index is 0.0781. The molecular weight excluding hydrogens is 272 g/mol. The molecule has 4 nitrogen and oxygen atoms in total. The normalized spacial score (nSPS) is 11.9. The summed E-state index contributed by atoms with van der Waals surface area (Å²) in [6.07, 6.45) is 0. The smallest absolute Gasteiger partial charge is 0.238 e. The van der Waals surface area contributed by atoms with E-state index in [1.165, 1.54) is 0 Å². The van der Waals surface area contributed by atoms with Crippen molar-refractivity contribution in [2.45, 2.75) is 16.7 Å². The molecule has 0 heterocycles. The van der Waals surface area contributed by atoms with Crippen molar-refractivity contribution in [1.82, 2.24) is 0 Å². The van der Waals surface area contributed by atoms with E-state index in [-0.39, 0.29) is 12.5 Å². The number of anilines is 1. The van der Waals surface area contributed by atoms with Crippen molar-refractivity contribution in [2.75, 3.05) is 11.9 Å². The fourth-order valence-corrected chi connectivity index (χ4v) is 2.79. The molecule has 2 aromatic rings. The Hall–Kier alpha value is -1.98. The van der Waals surface area contributed by atoms with Gasteiger partial charge in [-0.15, -0.1) is 0 Å². The van der Waals surface area contributed by atoms with Crippen LogP contribution in [0, 0.1) is 6.92 Å². The Balaban J connectivity index is 2.24. The van der Waals surface area contributed by atoms with Crippen LogP contribution in [0.2, 0.25) is 0 Å². The van der Waals surface area contributed by atoms with Crippen molar-refractivity contribution < 1.29 is 9.00 Å². The van der Waals surface area contributed by atoms with Gasteiger partial charge in [-0.1, -0.05) is 23.8 Å². The summed E-state index contributed by atoms with van der Waals surface area (Å²) in [4.78, 5) is 12.6. The van der Waals surface area contributed by atoms with E-state index in [0.717, 1.165) is 10.5 Å². The van der Waals surface area contributed by atoms with Crippen LogP contribution >= 0.6 is 0 Å². The molecule has 2 rings (SSSR count). The molecule has 1 unspecified atom stereocenters. The van der Waals surface area contributed by atoms with Gasteiger partial charge in [0.15, 0.2) is 0 Å². The molecule has 20 heavy (non-hydrogen) atoms. The maximum absolute atomic E-state index is 12.4. The van der Waals surface area contributed by atoms with Gasteiger partial charge >= 0.3 is 0 Å². The van der Waals surface area contributed by atoms with Crippen LogP contribution in [0.3, 0.4) is 0 Å². The lowest BCUT2D eigenvalue weighted by molar-refractivity contribution is -0.114. The van der Waals surface area contributed by atoms with Gasteiger partial charge in [-0.2, -0.15) is 0 Å². The van der Waals surface area contributed by atoms with Crippen LogP contribution in [0.5, 0.6) is 0 Å². The standard InChI is InChI=1S/C15H16N2O2S/c1-11-5-7-13(8-6-11)20(19)14-4-2-3-12(9-14)17-15(18)10-16/h2-9H,10,16H2,1H3,(H,17,18). The van der Waals surface area contributed by atoms with Crippen LogP contribution in [0.15, 0.2) is 58.3 Å². The number of benzene rings is 2. The lowest BCUT2D eigenvalue weighted by Crippen LogP contribution is -2.21. The second-order valence-electron chi connectivity index (χ2n) is 4.36. The average Bonchev–Trinajstić information content (AvgIpc) is 2.47. The molecular formula is C15H16N2O2S. The van der Waals surface area contributed by atoms with Crippen molar-refractivity contribution >= 4 is 22.4 Å². The fourth-order valence-electron chi connectivity index (χ4n) is 1.70. The Kier molecular flexibility index (Phi) is 4.65. The number of nitrogens with one attached hydrogen (secondary N) is 1. The fraction of sp³-hybridized carbons (Fsp3) is 0.133. The van der Waals surface area contributed by atoms with Gasteiger partial charge in [0, 0.05) is 15.5 Å². The van der Waals surface area contributed by atoms with Gasteiger partial charge in [0.2, 0.25) is 5.91 Å². The van der Waals surface area contributed by atoms with Crippen LogP contribution in [0.4, 0.5) is 5.69 Å². The van der Waals surface area contributed by atoms with E-state index in [4.69, 9.17) is 5.73 Å². The van der Waals surface area contributed by atoms with Crippen LogP contribution in [0.1, 0.15) is 5.56 Å². The molecule has 0 fully saturated rings. The summed E-state index contributed by atoms with van der Waals surface area (Å²) in [5.74, 6) is -0.275. The maximum Gasteiger partial charge on any atom is 0.238 e. The van der Waals surface area contributed by atoms with E-state index in [9.17, 15) is 9.00 Å². The molecule has 0 radical (unpaired) electrons. The topological polar surface area (TPSA) is 72.2 Å². The highest BCUT2D eigenvalue weighted by atomic mass is 32.2. The van der Waals surface area contributed by atoms with Crippen LogP contribution < -0.4 is 11.1 Å². The maximum atomic E-state index is 12.4. The lowest BCUT2D eigenvalue weighted by atomic mass is 10.2. The molecule has 0 spiro atoms. The molecule has 0 aliphatic carbocycles. The highest BCUT2D eigenvalue weighted by Crippen LogP contribution is 2.20. The summed E-state index contributed by atoms with van der Waals surface area (Å²) in [5.41, 5.74) is 6.97. The molecule has 0 saturated heterocycles. The Morgan fingerprint density at radius 2 is 1.85 bits per heavy atom. The number of rotatable bonds is 4. The molecule has 1 atom stereocenters. The summed E-state index contributed by atoms with van der Waals surface area (Å²) in [7, 11) is -1.26. The van der Waals surface area contributed by atoms with E-state index >= 15 is 0 Å². The van der Waals surface area contributed by atoms with Crippen molar-refractivity contribution in [3.8, 4) is 0 Å². The van der Waals surface area contributed by atoms with Gasteiger partial charge in [-0.05, 0) is 37.3 Å². The molecule has 3 N–H and O–H groups in total. The molecule has 1 amide bonds. The van der Waals surface area contributed by atoms with Gasteiger partial charge in [-0.25, -0.2) is 4.21 Å². The number of nitrogens with two attached hydrogens (primary N) is 1. The van der Waals surface area contributed by atoms with Crippen LogP contribution in [0.25, 0.3) is 0 Å². The third kappa shape index (κ3) is 3.53. The second kappa shape index (κ2) is 6.45. The lowest BCUT2D eigenvalue weighted by Gasteiger charge is -2.07. The number of carbonyl (C=O) groups excluding carboxylic acids is 1. The molecule has 104 valence electrons. The highest BCUT2D eigenvalue weighted by molar-refractivity contribution is 7.85. The number of hydrogen-bond acceptors (Lipinski definition) is 3. The van der Waals surface area contributed by atoms with Crippen molar-refractivity contribution in [2.24, 2.45) is 5.73 Å². The first kappa shape index (κ1) is 14.4. The monoisotopic (exact) mass is 288 g/mol. The third-order valence-electron chi connectivity index (χ3n) is 2.75. The van der Waals surface area contributed by atoms with Crippen LogP contribution in [-0.4, -0.2) is 16.7 Å². The molecule has 0 aliphatic rings. The molecule has 0 saturated carbocycles. The Morgan fingerprint density at radius 3 is 2.50 bits per heavy atom. The summed E-state index contributed by atoms with van der Waals surface area (Å²) in [5, 5.41) is 2.65. The number of carbonyl (C=O) groups is 1. The van der Waals surface area contributed by atoms with Gasteiger partial charge in [0.05, 0.1) is 17.3 Å². The zero-order valence-corrected chi connectivity index (χ0v) is 11.9. The summed E-state index contributed by atoms with van der Waals surface area (Å²) in [6.45, 7) is 1.90. The molecule has 0 aliphatic heterocycles. The van der Waals surface area contributed by atoms with Crippen molar-refractivity contribution in [1.29, 1.82) is 0 Å². The molecule has 0 bridgehead atoms. The van der Waals surface area contributed by atoms with E-state index in [1.54, 1.807) is 24.3 Å². The van der Waals surface area contributed by atoms with E-state index in [1.807, 2.05) is 31.2 Å². The predicted octanol–water partition coefficient (Wildman–Crippen LogP) is 2.06. The zero-order chi connectivity index (χ0) is 14.5. The first-order valence-electron chi connectivity index (χ1n) is 6.18. The first-order valence-corrected chi connectivity index (χ1v) is 7.33. The molecule has 0 aromatic heterocycles. The van der Waals surface area contributed by atoms with Gasteiger partial charge in [0.25, 0.3) is 0 Å². The third-order valence-corrected chi connectivity index (χ3v) is 4.13. The number of aryl methyl sites for hydroxylation is 1. The van der Waals surface area contributed by atoms with Gasteiger partial charge < -0.3 is 11.1 Å². The van der Waals surface area contributed by atoms with E-state index < -0.39 is 10.8 Å². The van der Waals surface area contributed by atoms with Crippen LogP contribution in [-0.2, 0) is 15.6 Å². The predicted molar refractivity (Wildman–Crippen MR) is 80.0 cm³/mol. The molecule has 2 aromatic carbocycles. The summed E-state index contributed by atoms with van der Waals surface area (Å²) < 4.78 is 12.4. The number of hydrogen-bond donors (Lipinski definition) is 2. The Labute approximate surface area is 120 Å². The zero-order valence-electron chi connectivity index (χ0n) is 11.1. The summed E-state index contributed by atoms with van der Waals surface area (Å²) >= 11 is 0. The minimum atomic E-state index is -1.26. The van der Waals surface area contributed by atoms with Gasteiger partial charge in [0.1, 0.15) is 0 Å². The number of amides is 1. The van der Waals surface area contributed by atoms with Crippen molar-refractivity contribution in [3.05, 3.63) is 54.1 Å². The van der Waals surface area contributed by atoms with Crippen molar-refractivity contribution in [3.63, 3.8) is 0 Å². The second-order valence-corrected chi connectivity index (χ2v) is 5.84. The highest BCUT2D eigenvalue weighted by Gasteiger charge is 2.08. The largest absolute Gasteiger partial charge is 0.325 e. The Bertz CT molecular complexity index is 639. The molecule has 5 heteroatoms. The summed E-state index contributed by atoms with van der Waals surface area (Å²) in [6, 6.07) is 14.5. The average molecular weight is 288 g/mol. The first-order chi connectivity index (χ1) is 9.60. The quantitative estimate of drug-likeness (QED) is 0.904. The minimum Gasteiger partial charge on any atom is -0.325 e. The Morgan fingerprint density at radius 1 is 1.15 bits per heavy atom.